The van der Waals surface area contributed by atoms with Crippen LogP contribution < -0.4 is 10.2 Å². The molecule has 0 saturated carbocycles. The predicted octanol–water partition coefficient (Wildman–Crippen LogP) is 2.71. The molecule has 1 aromatic heterocycles. The molecule has 0 unspecified atom stereocenters. The number of rotatable bonds is 5. The lowest BCUT2D eigenvalue weighted by molar-refractivity contribution is -0.116. The van der Waals surface area contributed by atoms with Gasteiger partial charge in [0.2, 0.25) is 11.9 Å². The maximum absolute atomic E-state index is 12.0. The van der Waals surface area contributed by atoms with E-state index in [1.54, 1.807) is 12.2 Å². The summed E-state index contributed by atoms with van der Waals surface area (Å²) in [4.78, 5) is 23.3. The Morgan fingerprint density at radius 1 is 1.21 bits per heavy atom. The van der Waals surface area contributed by atoms with Crippen LogP contribution in [0.3, 0.4) is 0 Å². The Morgan fingerprint density at radius 3 is 2.71 bits per heavy atom. The maximum atomic E-state index is 12.0. The molecule has 24 heavy (non-hydrogen) atoms. The van der Waals surface area contributed by atoms with Crippen LogP contribution in [0.5, 0.6) is 0 Å². The van der Waals surface area contributed by atoms with E-state index in [2.05, 4.69) is 20.2 Å². The Bertz CT molecular complexity index is 721. The molecule has 1 aromatic carbocycles. The summed E-state index contributed by atoms with van der Waals surface area (Å²) in [6.07, 6.45) is 5.72. The highest BCUT2D eigenvalue weighted by molar-refractivity contribution is 5.91. The topological polar surface area (TPSA) is 58.1 Å². The van der Waals surface area contributed by atoms with Crippen LogP contribution in [-0.2, 0) is 11.3 Å². The molecule has 3 rings (SSSR count). The number of aryl methyl sites for hydroxylation is 1. The first-order valence-electron chi connectivity index (χ1n) is 8.31. The largest absolute Gasteiger partial charge is 0.347 e. The summed E-state index contributed by atoms with van der Waals surface area (Å²) in [5.41, 5.74) is 2.77. The van der Waals surface area contributed by atoms with E-state index in [9.17, 15) is 4.79 Å². The van der Waals surface area contributed by atoms with Crippen molar-refractivity contribution in [2.75, 3.05) is 18.0 Å². The van der Waals surface area contributed by atoms with Crippen molar-refractivity contribution in [1.82, 2.24) is 15.3 Å². The van der Waals surface area contributed by atoms with Gasteiger partial charge in [-0.1, -0.05) is 30.3 Å². The maximum Gasteiger partial charge on any atom is 0.244 e. The number of carbonyl (C=O) groups excluding carboxylic acids is 1. The summed E-state index contributed by atoms with van der Waals surface area (Å²) in [5.74, 6) is 0.648. The second-order valence-electron chi connectivity index (χ2n) is 5.96. The fourth-order valence-corrected chi connectivity index (χ4v) is 2.74. The molecule has 1 amide bonds. The van der Waals surface area contributed by atoms with Crippen LogP contribution in [0.15, 0.2) is 42.5 Å². The van der Waals surface area contributed by atoms with Crippen LogP contribution in [0.1, 0.15) is 29.8 Å². The van der Waals surface area contributed by atoms with Crippen molar-refractivity contribution in [3.63, 3.8) is 0 Å². The monoisotopic (exact) mass is 322 g/mol. The van der Waals surface area contributed by atoms with Crippen molar-refractivity contribution in [3.8, 4) is 0 Å². The van der Waals surface area contributed by atoms with Crippen LogP contribution in [0.4, 0.5) is 5.95 Å². The summed E-state index contributed by atoms with van der Waals surface area (Å²) in [6, 6.07) is 11.7. The number of nitrogens with one attached hydrogen (secondary N) is 1. The third kappa shape index (κ3) is 4.41. The van der Waals surface area contributed by atoms with Crippen LogP contribution in [0, 0.1) is 6.92 Å². The summed E-state index contributed by atoms with van der Waals surface area (Å²) >= 11 is 0. The smallest absolute Gasteiger partial charge is 0.244 e. The van der Waals surface area contributed by atoms with Gasteiger partial charge in [0.05, 0.1) is 12.2 Å². The summed E-state index contributed by atoms with van der Waals surface area (Å²) in [6.45, 7) is 4.38. The van der Waals surface area contributed by atoms with Crippen molar-refractivity contribution < 1.29 is 4.79 Å². The molecule has 0 bridgehead atoms. The van der Waals surface area contributed by atoms with E-state index in [0.717, 1.165) is 36.0 Å². The Labute approximate surface area is 142 Å². The normalized spacial score (nSPS) is 14.3. The number of anilines is 1. The zero-order valence-electron chi connectivity index (χ0n) is 13.9. The van der Waals surface area contributed by atoms with Gasteiger partial charge in [-0.25, -0.2) is 9.97 Å². The Hall–Kier alpha value is -2.69. The van der Waals surface area contributed by atoms with E-state index in [1.165, 1.54) is 12.8 Å². The minimum Gasteiger partial charge on any atom is -0.347 e. The van der Waals surface area contributed by atoms with E-state index in [1.807, 2.05) is 43.3 Å². The van der Waals surface area contributed by atoms with Gasteiger partial charge in [0, 0.05) is 24.9 Å². The van der Waals surface area contributed by atoms with Crippen LogP contribution >= 0.6 is 0 Å². The molecule has 5 nitrogen and oxygen atoms in total. The Morgan fingerprint density at radius 2 is 1.96 bits per heavy atom. The molecule has 1 aliphatic rings. The minimum absolute atomic E-state index is 0.127. The van der Waals surface area contributed by atoms with Crippen molar-refractivity contribution in [3.05, 3.63) is 59.4 Å². The van der Waals surface area contributed by atoms with Gasteiger partial charge in [0.1, 0.15) is 0 Å². The Balaban J connectivity index is 1.59. The second kappa shape index (κ2) is 7.73. The zero-order chi connectivity index (χ0) is 16.8. The number of hydrogen-bond acceptors (Lipinski definition) is 4. The SMILES string of the molecule is Cc1cc(CNC(=O)/C=C/c2ccccc2)nc(N2CCCC2)n1. The molecule has 1 aliphatic heterocycles. The zero-order valence-corrected chi connectivity index (χ0v) is 13.9. The molecule has 0 atom stereocenters. The van der Waals surface area contributed by atoms with Crippen molar-refractivity contribution in [1.29, 1.82) is 0 Å². The summed E-state index contributed by atoms with van der Waals surface area (Å²) in [5, 5.41) is 2.88. The summed E-state index contributed by atoms with van der Waals surface area (Å²) in [7, 11) is 0. The molecule has 124 valence electrons. The molecule has 0 radical (unpaired) electrons. The van der Waals surface area contributed by atoms with E-state index < -0.39 is 0 Å². The highest BCUT2D eigenvalue weighted by Crippen LogP contribution is 2.16. The predicted molar refractivity (Wildman–Crippen MR) is 95.5 cm³/mol. The molecule has 0 aliphatic carbocycles. The van der Waals surface area contributed by atoms with Gasteiger partial charge in [-0.3, -0.25) is 4.79 Å². The molecular formula is C19H22N4O. The second-order valence-corrected chi connectivity index (χ2v) is 5.96. The third-order valence-electron chi connectivity index (χ3n) is 3.95. The fourth-order valence-electron chi connectivity index (χ4n) is 2.74. The van der Waals surface area contributed by atoms with Gasteiger partial charge in [-0.2, -0.15) is 0 Å². The Kier molecular flexibility index (Phi) is 5.21. The first-order valence-corrected chi connectivity index (χ1v) is 8.31. The van der Waals surface area contributed by atoms with Crippen molar-refractivity contribution in [2.24, 2.45) is 0 Å². The molecule has 5 heteroatoms. The average Bonchev–Trinajstić information content (AvgIpc) is 3.13. The van der Waals surface area contributed by atoms with E-state index >= 15 is 0 Å². The quantitative estimate of drug-likeness (QED) is 0.860. The van der Waals surface area contributed by atoms with Crippen LogP contribution in [-0.4, -0.2) is 29.0 Å². The van der Waals surface area contributed by atoms with Crippen LogP contribution in [0.2, 0.25) is 0 Å². The third-order valence-corrected chi connectivity index (χ3v) is 3.95. The van der Waals surface area contributed by atoms with Gasteiger partial charge >= 0.3 is 0 Å². The molecule has 1 saturated heterocycles. The van der Waals surface area contributed by atoms with E-state index in [4.69, 9.17) is 0 Å². The summed E-state index contributed by atoms with van der Waals surface area (Å²) < 4.78 is 0. The average molecular weight is 322 g/mol. The van der Waals surface area contributed by atoms with E-state index in [-0.39, 0.29) is 5.91 Å². The first-order chi connectivity index (χ1) is 11.7. The number of hydrogen-bond donors (Lipinski definition) is 1. The molecule has 0 spiro atoms. The lowest BCUT2D eigenvalue weighted by atomic mass is 10.2. The van der Waals surface area contributed by atoms with Gasteiger partial charge < -0.3 is 10.2 Å². The first kappa shape index (κ1) is 16.2. The number of amides is 1. The molecule has 1 N–H and O–H groups in total. The van der Waals surface area contributed by atoms with Gasteiger partial charge in [0.15, 0.2) is 0 Å². The lowest BCUT2D eigenvalue weighted by Gasteiger charge is -2.16. The minimum atomic E-state index is -0.127. The number of benzene rings is 1. The van der Waals surface area contributed by atoms with E-state index in [0.29, 0.717) is 6.54 Å². The van der Waals surface area contributed by atoms with Crippen molar-refractivity contribution >= 4 is 17.9 Å². The van der Waals surface area contributed by atoms with Gasteiger partial charge in [-0.05, 0) is 37.5 Å². The number of aromatic nitrogens is 2. The van der Waals surface area contributed by atoms with Crippen LogP contribution in [0.25, 0.3) is 6.08 Å². The lowest BCUT2D eigenvalue weighted by Crippen LogP contribution is -2.24. The highest BCUT2D eigenvalue weighted by Gasteiger charge is 2.15. The number of nitrogens with zero attached hydrogens (tertiary/aromatic N) is 3. The van der Waals surface area contributed by atoms with Gasteiger partial charge in [0.25, 0.3) is 0 Å². The highest BCUT2D eigenvalue weighted by atomic mass is 16.1. The van der Waals surface area contributed by atoms with Gasteiger partial charge in [-0.15, -0.1) is 0 Å². The molecule has 1 fully saturated rings. The molecule has 2 heterocycles. The standard InChI is InChI=1S/C19H22N4O/c1-15-13-17(22-19(21-15)23-11-5-6-12-23)14-20-18(24)10-9-16-7-3-2-4-8-16/h2-4,7-10,13H,5-6,11-12,14H2,1H3,(H,20,24)/b10-9+. The molecule has 2 aromatic rings. The number of carbonyl (C=O) groups is 1. The molecular weight excluding hydrogens is 300 g/mol. The fraction of sp³-hybridized carbons (Fsp3) is 0.316. The van der Waals surface area contributed by atoms with Crippen molar-refractivity contribution in [2.45, 2.75) is 26.3 Å².